The van der Waals surface area contributed by atoms with Crippen molar-refractivity contribution in [2.45, 2.75) is 13.5 Å². The summed E-state index contributed by atoms with van der Waals surface area (Å²) in [4.78, 5) is 2.05. The fraction of sp³-hybridized carbons (Fsp3) is 0.200. The van der Waals surface area contributed by atoms with Gasteiger partial charge in [-0.25, -0.2) is 4.39 Å². The fourth-order valence-electron chi connectivity index (χ4n) is 1.87. The molecule has 0 unspecified atom stereocenters. The van der Waals surface area contributed by atoms with Crippen LogP contribution < -0.4 is 10.6 Å². The second-order valence-electron chi connectivity index (χ2n) is 4.50. The van der Waals surface area contributed by atoms with Crippen LogP contribution in [-0.4, -0.2) is 7.05 Å². The molecule has 2 rings (SSSR count). The first-order chi connectivity index (χ1) is 8.58. The van der Waals surface area contributed by atoms with E-state index < -0.39 is 0 Å². The smallest absolute Gasteiger partial charge is 0.146 e. The summed E-state index contributed by atoms with van der Waals surface area (Å²) in [5.41, 5.74) is 9.08. The van der Waals surface area contributed by atoms with Crippen LogP contribution in [0.3, 0.4) is 0 Å². The third-order valence-corrected chi connectivity index (χ3v) is 3.03. The van der Waals surface area contributed by atoms with Gasteiger partial charge in [-0.2, -0.15) is 0 Å². The van der Waals surface area contributed by atoms with Gasteiger partial charge in [-0.05, 0) is 30.7 Å². The van der Waals surface area contributed by atoms with Crippen molar-refractivity contribution in [3.8, 4) is 0 Å². The Bertz CT molecular complexity index is 535. The van der Waals surface area contributed by atoms with Crippen LogP contribution in [-0.2, 0) is 6.54 Å². The van der Waals surface area contributed by atoms with Crippen LogP contribution >= 0.6 is 0 Å². The molecule has 0 heterocycles. The minimum atomic E-state index is -0.357. The first-order valence-corrected chi connectivity index (χ1v) is 5.88. The zero-order chi connectivity index (χ0) is 13.1. The van der Waals surface area contributed by atoms with Gasteiger partial charge in [0.15, 0.2) is 0 Å². The molecule has 0 spiro atoms. The number of nitrogens with two attached hydrogens (primary N) is 1. The van der Waals surface area contributed by atoms with Crippen LogP contribution in [0.25, 0.3) is 0 Å². The lowest BCUT2D eigenvalue weighted by Gasteiger charge is -2.20. The maximum atomic E-state index is 13.3. The quantitative estimate of drug-likeness (QED) is 0.839. The Morgan fingerprint density at radius 2 is 1.78 bits per heavy atom. The predicted molar refractivity (Wildman–Crippen MR) is 74.1 cm³/mol. The number of halogens is 1. The zero-order valence-electron chi connectivity index (χ0n) is 10.7. The molecule has 0 amide bonds. The van der Waals surface area contributed by atoms with Gasteiger partial charge in [-0.15, -0.1) is 0 Å². The molecule has 2 nitrogen and oxygen atoms in total. The normalized spacial score (nSPS) is 10.4. The molecule has 0 aromatic heterocycles. The van der Waals surface area contributed by atoms with Gasteiger partial charge in [0.2, 0.25) is 0 Å². The molecule has 0 atom stereocenters. The molecule has 0 bridgehead atoms. The molecule has 0 aliphatic heterocycles. The molecule has 2 aromatic carbocycles. The number of benzene rings is 2. The summed E-state index contributed by atoms with van der Waals surface area (Å²) in [6.45, 7) is 2.64. The molecule has 0 aliphatic carbocycles. The molecule has 18 heavy (non-hydrogen) atoms. The van der Waals surface area contributed by atoms with Crippen molar-refractivity contribution in [1.29, 1.82) is 0 Å². The van der Waals surface area contributed by atoms with E-state index in [9.17, 15) is 4.39 Å². The summed E-state index contributed by atoms with van der Waals surface area (Å²) in [6, 6.07) is 13.1. The van der Waals surface area contributed by atoms with Crippen LogP contribution in [0.4, 0.5) is 15.8 Å². The number of hydrogen-bond donors (Lipinski definition) is 1. The first-order valence-electron chi connectivity index (χ1n) is 5.88. The zero-order valence-corrected chi connectivity index (χ0v) is 10.7. The Morgan fingerprint density at radius 1 is 1.11 bits per heavy atom. The highest BCUT2D eigenvalue weighted by atomic mass is 19.1. The molecular weight excluding hydrogens is 227 g/mol. The van der Waals surface area contributed by atoms with Gasteiger partial charge in [0.25, 0.3) is 0 Å². The van der Waals surface area contributed by atoms with E-state index in [1.807, 2.05) is 37.1 Å². The number of nitrogens with zero attached hydrogens (tertiary/aromatic N) is 1. The topological polar surface area (TPSA) is 29.3 Å². The maximum Gasteiger partial charge on any atom is 0.146 e. The van der Waals surface area contributed by atoms with E-state index in [1.54, 1.807) is 6.07 Å². The Labute approximate surface area is 107 Å². The Kier molecular flexibility index (Phi) is 3.51. The number of para-hydroxylation sites is 1. The van der Waals surface area contributed by atoms with Gasteiger partial charge in [0.1, 0.15) is 5.82 Å². The van der Waals surface area contributed by atoms with Gasteiger partial charge in [0, 0.05) is 19.3 Å². The highest BCUT2D eigenvalue weighted by Gasteiger charge is 2.07. The standard InChI is InChI=1S/C15H17FN2/c1-11-6-8-13(9-7-11)18(2)10-12-4-3-5-14(16)15(12)17/h3-9H,10,17H2,1-2H3. The Morgan fingerprint density at radius 3 is 2.44 bits per heavy atom. The maximum absolute atomic E-state index is 13.3. The van der Waals surface area contributed by atoms with Crippen LogP contribution in [0.15, 0.2) is 42.5 Å². The second-order valence-corrected chi connectivity index (χ2v) is 4.50. The number of nitrogen functional groups attached to an aromatic ring is 1. The molecule has 0 saturated heterocycles. The third-order valence-electron chi connectivity index (χ3n) is 3.03. The van der Waals surface area contributed by atoms with Crippen molar-refractivity contribution in [1.82, 2.24) is 0 Å². The van der Waals surface area contributed by atoms with Crippen LogP contribution in [0, 0.1) is 12.7 Å². The van der Waals surface area contributed by atoms with Gasteiger partial charge in [-0.1, -0.05) is 29.8 Å². The van der Waals surface area contributed by atoms with Crippen molar-refractivity contribution in [2.24, 2.45) is 0 Å². The lowest BCUT2D eigenvalue weighted by Crippen LogP contribution is -2.17. The van der Waals surface area contributed by atoms with Crippen molar-refractivity contribution >= 4 is 11.4 Å². The monoisotopic (exact) mass is 244 g/mol. The van der Waals surface area contributed by atoms with E-state index >= 15 is 0 Å². The number of rotatable bonds is 3. The summed E-state index contributed by atoms with van der Waals surface area (Å²) in [7, 11) is 1.97. The Balaban J connectivity index is 2.18. The van der Waals surface area contributed by atoms with E-state index in [1.165, 1.54) is 11.6 Å². The third kappa shape index (κ3) is 2.62. The van der Waals surface area contributed by atoms with Crippen molar-refractivity contribution in [3.05, 3.63) is 59.4 Å². The summed E-state index contributed by atoms with van der Waals surface area (Å²) in [5.74, 6) is -0.357. The lowest BCUT2D eigenvalue weighted by atomic mass is 10.1. The van der Waals surface area contributed by atoms with E-state index in [0.717, 1.165) is 11.3 Å². The van der Waals surface area contributed by atoms with Gasteiger partial charge in [0.05, 0.1) is 5.69 Å². The van der Waals surface area contributed by atoms with E-state index in [-0.39, 0.29) is 11.5 Å². The highest BCUT2D eigenvalue weighted by Crippen LogP contribution is 2.21. The first kappa shape index (κ1) is 12.4. The summed E-state index contributed by atoms with van der Waals surface area (Å²) in [5, 5.41) is 0. The highest BCUT2D eigenvalue weighted by molar-refractivity contribution is 5.52. The second kappa shape index (κ2) is 5.08. The van der Waals surface area contributed by atoms with Gasteiger partial charge >= 0.3 is 0 Å². The SMILES string of the molecule is Cc1ccc(N(C)Cc2cccc(F)c2N)cc1. The Hall–Kier alpha value is -2.03. The predicted octanol–water partition coefficient (Wildman–Crippen LogP) is 3.35. The molecule has 94 valence electrons. The average molecular weight is 244 g/mol. The summed E-state index contributed by atoms with van der Waals surface area (Å²) >= 11 is 0. The van der Waals surface area contributed by atoms with Crippen molar-refractivity contribution in [3.63, 3.8) is 0 Å². The molecule has 2 aromatic rings. The molecule has 3 heteroatoms. The minimum absolute atomic E-state index is 0.233. The van der Waals surface area contributed by atoms with Crippen molar-refractivity contribution in [2.75, 3.05) is 17.7 Å². The number of aryl methyl sites for hydroxylation is 1. The van der Waals surface area contributed by atoms with Crippen LogP contribution in [0.5, 0.6) is 0 Å². The van der Waals surface area contributed by atoms with Crippen LogP contribution in [0.2, 0.25) is 0 Å². The minimum Gasteiger partial charge on any atom is -0.396 e. The van der Waals surface area contributed by atoms with Gasteiger partial charge in [-0.3, -0.25) is 0 Å². The van der Waals surface area contributed by atoms with Crippen LogP contribution in [0.1, 0.15) is 11.1 Å². The summed E-state index contributed by atoms with van der Waals surface area (Å²) < 4.78 is 13.3. The fourth-order valence-corrected chi connectivity index (χ4v) is 1.87. The molecule has 0 saturated carbocycles. The number of anilines is 2. The largest absolute Gasteiger partial charge is 0.396 e. The lowest BCUT2D eigenvalue weighted by molar-refractivity contribution is 0.630. The molecule has 0 fully saturated rings. The summed E-state index contributed by atoms with van der Waals surface area (Å²) in [6.07, 6.45) is 0. The molecule has 0 aliphatic rings. The molecule has 2 N–H and O–H groups in total. The van der Waals surface area contributed by atoms with E-state index in [0.29, 0.717) is 6.54 Å². The van der Waals surface area contributed by atoms with Crippen molar-refractivity contribution < 1.29 is 4.39 Å². The van der Waals surface area contributed by atoms with E-state index in [2.05, 4.69) is 12.1 Å². The van der Waals surface area contributed by atoms with E-state index in [4.69, 9.17) is 5.73 Å². The van der Waals surface area contributed by atoms with Gasteiger partial charge < -0.3 is 10.6 Å². The molecular formula is C15H17FN2. The molecule has 0 radical (unpaired) electrons. The average Bonchev–Trinajstić information content (AvgIpc) is 2.36. The number of hydrogen-bond acceptors (Lipinski definition) is 2.